The maximum Gasteiger partial charge on any atom is 0.185 e. The van der Waals surface area contributed by atoms with Gasteiger partial charge in [-0.05, 0) is 18.6 Å². The van der Waals surface area contributed by atoms with Gasteiger partial charge in [-0.15, -0.1) is 11.6 Å². The van der Waals surface area contributed by atoms with Crippen molar-refractivity contribution < 1.29 is 9.13 Å². The number of benzene rings is 1. The molecule has 1 aromatic carbocycles. The van der Waals surface area contributed by atoms with Crippen LogP contribution in [0.3, 0.4) is 0 Å². The van der Waals surface area contributed by atoms with Gasteiger partial charge in [0.1, 0.15) is 6.26 Å². The van der Waals surface area contributed by atoms with Crippen LogP contribution in [0.25, 0.3) is 0 Å². The summed E-state index contributed by atoms with van der Waals surface area (Å²) >= 11 is 5.62. The third-order valence-corrected chi connectivity index (χ3v) is 2.48. The van der Waals surface area contributed by atoms with Gasteiger partial charge in [-0.25, -0.2) is 4.39 Å². The van der Waals surface area contributed by atoms with Crippen molar-refractivity contribution in [3.05, 3.63) is 36.5 Å². The van der Waals surface area contributed by atoms with Gasteiger partial charge in [0.2, 0.25) is 0 Å². The lowest BCUT2D eigenvalue weighted by Crippen LogP contribution is -2.21. The maximum atomic E-state index is 13.4. The molecule has 1 aliphatic heterocycles. The Bertz CT molecular complexity index is 381. The van der Waals surface area contributed by atoms with Crippen molar-refractivity contribution in [2.45, 2.75) is 6.42 Å². The first-order chi connectivity index (χ1) is 7.33. The molecule has 1 aliphatic rings. The van der Waals surface area contributed by atoms with Crippen LogP contribution >= 0.6 is 11.6 Å². The number of fused-ring (bicyclic) bond motifs is 1. The van der Waals surface area contributed by atoms with Gasteiger partial charge >= 0.3 is 0 Å². The zero-order valence-electron chi connectivity index (χ0n) is 8.12. The second-order valence-corrected chi connectivity index (χ2v) is 3.60. The van der Waals surface area contributed by atoms with E-state index in [4.69, 9.17) is 16.3 Å². The van der Waals surface area contributed by atoms with Gasteiger partial charge in [-0.1, -0.05) is 6.07 Å². The van der Waals surface area contributed by atoms with Gasteiger partial charge in [0, 0.05) is 18.6 Å². The number of anilines is 1. The lowest BCUT2D eigenvalue weighted by Gasteiger charge is -2.25. The zero-order valence-corrected chi connectivity index (χ0v) is 8.88. The summed E-state index contributed by atoms with van der Waals surface area (Å²) < 4.78 is 18.5. The molecule has 0 fully saturated rings. The molecule has 2 nitrogen and oxygen atoms in total. The minimum absolute atomic E-state index is 0.287. The molecule has 0 N–H and O–H groups in total. The summed E-state index contributed by atoms with van der Waals surface area (Å²) in [5.74, 6) is 0.540. The van der Waals surface area contributed by atoms with E-state index < -0.39 is 0 Å². The molecular formula is C11H11ClFNO. The van der Waals surface area contributed by atoms with Gasteiger partial charge in [0.25, 0.3) is 0 Å². The Labute approximate surface area is 92.9 Å². The molecule has 0 unspecified atom stereocenters. The maximum absolute atomic E-state index is 13.4. The zero-order chi connectivity index (χ0) is 10.7. The van der Waals surface area contributed by atoms with Crippen molar-refractivity contribution in [2.24, 2.45) is 0 Å². The van der Waals surface area contributed by atoms with E-state index in [2.05, 4.69) is 0 Å². The fourth-order valence-corrected chi connectivity index (χ4v) is 1.64. The molecule has 0 atom stereocenters. The Hall–Kier alpha value is -1.22. The standard InChI is InChI=1S/C11H11ClFNO/c12-5-2-6-14-7-8-15-11-9(13)3-1-4-10(11)14/h1,3-4,7-8H,2,5-6H2. The van der Waals surface area contributed by atoms with Gasteiger partial charge in [0.15, 0.2) is 11.6 Å². The fraction of sp³-hybridized carbons (Fsp3) is 0.273. The molecule has 0 saturated heterocycles. The van der Waals surface area contributed by atoms with E-state index in [0.717, 1.165) is 18.7 Å². The summed E-state index contributed by atoms with van der Waals surface area (Å²) in [6.45, 7) is 0.764. The first-order valence-electron chi connectivity index (χ1n) is 4.77. The highest BCUT2D eigenvalue weighted by molar-refractivity contribution is 6.17. The van der Waals surface area contributed by atoms with Crippen molar-refractivity contribution in [1.82, 2.24) is 0 Å². The SMILES string of the molecule is Fc1cccc2c1OC=CN2CCCCl. The summed E-state index contributed by atoms with van der Waals surface area (Å²) in [6, 6.07) is 4.89. The third kappa shape index (κ3) is 2.07. The van der Waals surface area contributed by atoms with Crippen LogP contribution in [0, 0.1) is 5.82 Å². The second-order valence-electron chi connectivity index (χ2n) is 3.23. The molecule has 0 saturated carbocycles. The number of hydrogen-bond acceptors (Lipinski definition) is 2. The molecule has 2 rings (SSSR count). The number of ether oxygens (including phenoxy) is 1. The van der Waals surface area contributed by atoms with Crippen LogP contribution < -0.4 is 9.64 Å². The number of alkyl halides is 1. The molecule has 0 bridgehead atoms. The summed E-state index contributed by atoms with van der Waals surface area (Å²) in [5, 5.41) is 0. The summed E-state index contributed by atoms with van der Waals surface area (Å²) in [5.41, 5.74) is 0.752. The number of nitrogens with zero attached hydrogens (tertiary/aromatic N) is 1. The molecule has 1 heterocycles. The topological polar surface area (TPSA) is 12.5 Å². The van der Waals surface area contributed by atoms with Crippen LogP contribution in [0.5, 0.6) is 5.75 Å². The largest absolute Gasteiger partial charge is 0.458 e. The van der Waals surface area contributed by atoms with Crippen LogP contribution in [-0.2, 0) is 0 Å². The molecule has 15 heavy (non-hydrogen) atoms. The van der Waals surface area contributed by atoms with Crippen LogP contribution in [0.1, 0.15) is 6.42 Å². The molecule has 4 heteroatoms. The van der Waals surface area contributed by atoms with Crippen molar-refractivity contribution in [1.29, 1.82) is 0 Å². The Balaban J connectivity index is 2.26. The average molecular weight is 228 g/mol. The van der Waals surface area contributed by atoms with Crippen LogP contribution in [0.2, 0.25) is 0 Å². The second kappa shape index (κ2) is 4.53. The smallest absolute Gasteiger partial charge is 0.185 e. The molecule has 0 aromatic heterocycles. The average Bonchev–Trinajstić information content (AvgIpc) is 2.27. The normalized spacial score (nSPS) is 13.6. The molecule has 1 aromatic rings. The summed E-state index contributed by atoms with van der Waals surface area (Å²) in [7, 11) is 0. The van der Waals surface area contributed by atoms with Gasteiger partial charge in [-0.3, -0.25) is 0 Å². The lowest BCUT2D eigenvalue weighted by molar-refractivity contribution is 0.431. The first-order valence-corrected chi connectivity index (χ1v) is 5.31. The van der Waals surface area contributed by atoms with Crippen molar-refractivity contribution in [2.75, 3.05) is 17.3 Å². The monoisotopic (exact) mass is 227 g/mol. The highest BCUT2D eigenvalue weighted by atomic mass is 35.5. The van der Waals surface area contributed by atoms with Crippen LogP contribution in [0.4, 0.5) is 10.1 Å². The van der Waals surface area contributed by atoms with E-state index in [1.807, 2.05) is 11.0 Å². The first kappa shape index (κ1) is 10.3. The molecule has 0 spiro atoms. The Morgan fingerprint density at radius 1 is 1.40 bits per heavy atom. The highest BCUT2D eigenvalue weighted by Gasteiger charge is 2.17. The van der Waals surface area contributed by atoms with Crippen molar-refractivity contribution in [3.8, 4) is 5.75 Å². The van der Waals surface area contributed by atoms with Gasteiger partial charge < -0.3 is 9.64 Å². The number of halogens is 2. The summed E-state index contributed by atoms with van der Waals surface area (Å²) in [6.07, 6.45) is 4.12. The Morgan fingerprint density at radius 3 is 3.07 bits per heavy atom. The van der Waals surface area contributed by atoms with E-state index >= 15 is 0 Å². The number of para-hydroxylation sites is 1. The Morgan fingerprint density at radius 2 is 2.27 bits per heavy atom. The van der Waals surface area contributed by atoms with Crippen LogP contribution in [0.15, 0.2) is 30.7 Å². The third-order valence-electron chi connectivity index (χ3n) is 2.21. The van der Waals surface area contributed by atoms with Crippen molar-refractivity contribution >= 4 is 17.3 Å². The van der Waals surface area contributed by atoms with E-state index in [0.29, 0.717) is 5.88 Å². The highest BCUT2D eigenvalue weighted by Crippen LogP contribution is 2.34. The molecule has 0 radical (unpaired) electrons. The van der Waals surface area contributed by atoms with Crippen molar-refractivity contribution in [3.63, 3.8) is 0 Å². The van der Waals surface area contributed by atoms with E-state index in [1.54, 1.807) is 12.3 Å². The van der Waals surface area contributed by atoms with Gasteiger partial charge in [0.05, 0.1) is 5.69 Å². The van der Waals surface area contributed by atoms with E-state index in [-0.39, 0.29) is 11.6 Å². The molecule has 0 aliphatic carbocycles. The van der Waals surface area contributed by atoms with E-state index in [9.17, 15) is 4.39 Å². The summed E-state index contributed by atoms with van der Waals surface area (Å²) in [4.78, 5) is 1.93. The lowest BCUT2D eigenvalue weighted by atomic mass is 10.2. The molecule has 0 amide bonds. The number of hydrogen-bond donors (Lipinski definition) is 0. The molecular weight excluding hydrogens is 217 g/mol. The predicted molar refractivity (Wildman–Crippen MR) is 58.9 cm³/mol. The Kier molecular flexibility index (Phi) is 3.11. The van der Waals surface area contributed by atoms with Crippen LogP contribution in [-0.4, -0.2) is 12.4 Å². The fourth-order valence-electron chi connectivity index (χ4n) is 1.52. The van der Waals surface area contributed by atoms with Gasteiger partial charge in [-0.2, -0.15) is 0 Å². The minimum Gasteiger partial charge on any atom is -0.458 e. The predicted octanol–water partition coefficient (Wildman–Crippen LogP) is 3.12. The number of rotatable bonds is 3. The van der Waals surface area contributed by atoms with E-state index in [1.165, 1.54) is 12.3 Å². The molecule has 80 valence electrons. The minimum atomic E-state index is -0.340. The quantitative estimate of drug-likeness (QED) is 0.736.